The van der Waals surface area contributed by atoms with Crippen LogP contribution in [-0.2, 0) is 0 Å². The number of aromatic carboxylic acids is 1. The first-order valence-electron chi connectivity index (χ1n) is 2.93. The SMILES string of the molecule is N#[N+]c1ccccc1C(=O)O. The number of hydrogen-bond acceptors (Lipinski definition) is 2. The molecular weight excluding hydrogens is 144 g/mol. The molecule has 54 valence electrons. The third-order valence-electron chi connectivity index (χ3n) is 1.24. The number of rotatable bonds is 1. The molecule has 0 amide bonds. The summed E-state index contributed by atoms with van der Waals surface area (Å²) < 4.78 is 0. The molecule has 0 atom stereocenters. The smallest absolute Gasteiger partial charge is 0.399 e. The van der Waals surface area contributed by atoms with Crippen LogP contribution in [-0.4, -0.2) is 11.1 Å². The van der Waals surface area contributed by atoms with E-state index in [1.807, 2.05) is 0 Å². The molecule has 0 aliphatic carbocycles. The summed E-state index contributed by atoms with van der Waals surface area (Å²) >= 11 is 0. The Bertz CT molecular complexity index is 327. The van der Waals surface area contributed by atoms with E-state index in [1.54, 1.807) is 12.1 Å². The molecule has 1 aromatic rings. The van der Waals surface area contributed by atoms with Gasteiger partial charge < -0.3 is 5.11 Å². The summed E-state index contributed by atoms with van der Waals surface area (Å²) in [6.45, 7) is 0. The van der Waals surface area contributed by atoms with Crippen LogP contribution >= 0.6 is 0 Å². The van der Waals surface area contributed by atoms with Gasteiger partial charge in [-0.2, -0.15) is 0 Å². The van der Waals surface area contributed by atoms with Crippen molar-refractivity contribution in [3.05, 3.63) is 34.8 Å². The van der Waals surface area contributed by atoms with E-state index in [4.69, 9.17) is 10.5 Å². The van der Waals surface area contributed by atoms with Gasteiger partial charge >= 0.3 is 11.7 Å². The van der Waals surface area contributed by atoms with Crippen LogP contribution in [0.15, 0.2) is 24.3 Å². The van der Waals surface area contributed by atoms with Crippen molar-refractivity contribution in [1.29, 1.82) is 5.39 Å². The molecule has 0 aliphatic heterocycles. The second-order valence-corrected chi connectivity index (χ2v) is 1.92. The van der Waals surface area contributed by atoms with Crippen LogP contribution in [0.2, 0.25) is 0 Å². The first-order chi connectivity index (χ1) is 5.25. The summed E-state index contributed by atoms with van der Waals surface area (Å²) in [6, 6.07) is 5.96. The van der Waals surface area contributed by atoms with Gasteiger partial charge in [-0.05, 0) is 6.07 Å². The molecule has 0 aliphatic rings. The Balaban J connectivity index is 3.26. The van der Waals surface area contributed by atoms with Crippen molar-refractivity contribution in [2.75, 3.05) is 0 Å². The molecule has 11 heavy (non-hydrogen) atoms. The van der Waals surface area contributed by atoms with Gasteiger partial charge in [-0.3, -0.25) is 0 Å². The zero-order valence-electron chi connectivity index (χ0n) is 5.56. The third kappa shape index (κ3) is 1.33. The summed E-state index contributed by atoms with van der Waals surface area (Å²) in [6.07, 6.45) is 0. The average Bonchev–Trinajstić information content (AvgIpc) is 2.04. The maximum atomic E-state index is 10.4. The Morgan fingerprint density at radius 2 is 2.09 bits per heavy atom. The topological polar surface area (TPSA) is 65.5 Å². The van der Waals surface area contributed by atoms with Gasteiger partial charge in [0.15, 0.2) is 10.5 Å². The predicted molar refractivity (Wildman–Crippen MR) is 38.1 cm³/mol. The number of diazo groups is 1. The minimum absolute atomic E-state index is 0.00463. The highest BCUT2D eigenvalue weighted by Crippen LogP contribution is 2.17. The Hall–Kier alpha value is -1.89. The zero-order valence-corrected chi connectivity index (χ0v) is 5.56. The molecule has 4 heteroatoms. The number of carboxylic acid groups (broad SMARTS) is 1. The molecule has 0 bridgehead atoms. The molecule has 4 nitrogen and oxygen atoms in total. The second kappa shape index (κ2) is 2.80. The van der Waals surface area contributed by atoms with Gasteiger partial charge in [-0.25, -0.2) is 4.79 Å². The highest BCUT2D eigenvalue weighted by atomic mass is 16.4. The van der Waals surface area contributed by atoms with Crippen molar-refractivity contribution in [2.24, 2.45) is 0 Å². The van der Waals surface area contributed by atoms with Crippen molar-refractivity contribution in [3.63, 3.8) is 0 Å². The molecule has 0 saturated heterocycles. The van der Waals surface area contributed by atoms with E-state index >= 15 is 0 Å². The number of carbonyl (C=O) groups is 1. The molecule has 0 saturated carbocycles. The lowest BCUT2D eigenvalue weighted by atomic mass is 10.2. The molecule has 1 rings (SSSR count). The van der Waals surface area contributed by atoms with Crippen LogP contribution < -0.4 is 0 Å². The summed E-state index contributed by atoms with van der Waals surface area (Å²) in [5, 5.41) is 16.9. The molecule has 1 aromatic carbocycles. The average molecular weight is 149 g/mol. The fourth-order valence-corrected chi connectivity index (χ4v) is 0.742. The second-order valence-electron chi connectivity index (χ2n) is 1.92. The van der Waals surface area contributed by atoms with Gasteiger partial charge in [0, 0.05) is 6.07 Å². The Morgan fingerprint density at radius 1 is 1.45 bits per heavy atom. The lowest BCUT2D eigenvalue weighted by molar-refractivity contribution is 0.0698. The summed E-state index contributed by atoms with van der Waals surface area (Å²) in [4.78, 5) is 13.2. The normalized spacial score (nSPS) is 8.64. The van der Waals surface area contributed by atoms with E-state index < -0.39 is 5.97 Å². The van der Waals surface area contributed by atoms with Crippen molar-refractivity contribution in [1.82, 2.24) is 0 Å². The number of carboxylic acids is 1. The molecular formula is C7H5N2O2+. The minimum atomic E-state index is -1.10. The van der Waals surface area contributed by atoms with Crippen LogP contribution in [0, 0.1) is 5.39 Å². The monoisotopic (exact) mass is 149 g/mol. The van der Waals surface area contributed by atoms with E-state index in [1.165, 1.54) is 12.1 Å². The van der Waals surface area contributed by atoms with Gasteiger partial charge in [-0.15, -0.1) is 0 Å². The quantitative estimate of drug-likeness (QED) is 0.620. The van der Waals surface area contributed by atoms with Crippen molar-refractivity contribution < 1.29 is 9.90 Å². The van der Waals surface area contributed by atoms with Crippen LogP contribution in [0.5, 0.6) is 0 Å². The number of nitrogens with zero attached hydrogens (tertiary/aromatic N) is 2. The number of hydrogen-bond donors (Lipinski definition) is 1. The van der Waals surface area contributed by atoms with Gasteiger partial charge in [0.2, 0.25) is 5.39 Å². The molecule has 0 aromatic heterocycles. The van der Waals surface area contributed by atoms with E-state index in [-0.39, 0.29) is 11.3 Å². The van der Waals surface area contributed by atoms with Gasteiger partial charge in [-0.1, -0.05) is 12.1 Å². The molecule has 0 heterocycles. The summed E-state index contributed by atoms with van der Waals surface area (Å²) in [5.41, 5.74) is 0.0648. The standard InChI is InChI=1S/C7H4N2O2/c8-9-6-4-2-1-3-5(6)7(10)11/h1-4H/p+1. The predicted octanol–water partition coefficient (Wildman–Crippen LogP) is 1.87. The van der Waals surface area contributed by atoms with Crippen LogP contribution in [0.1, 0.15) is 10.4 Å². The maximum absolute atomic E-state index is 10.4. The van der Waals surface area contributed by atoms with E-state index in [0.717, 1.165) is 0 Å². The van der Waals surface area contributed by atoms with Gasteiger partial charge in [0.25, 0.3) is 0 Å². The van der Waals surface area contributed by atoms with Gasteiger partial charge in [0.1, 0.15) is 0 Å². The Morgan fingerprint density at radius 3 is 2.55 bits per heavy atom. The maximum Gasteiger partial charge on any atom is 0.399 e. The molecule has 0 radical (unpaired) electrons. The van der Waals surface area contributed by atoms with Crippen LogP contribution in [0.3, 0.4) is 0 Å². The van der Waals surface area contributed by atoms with Gasteiger partial charge in [0.05, 0.1) is 0 Å². The van der Waals surface area contributed by atoms with E-state index in [2.05, 4.69) is 4.98 Å². The Labute approximate surface area is 62.7 Å². The summed E-state index contributed by atoms with van der Waals surface area (Å²) in [7, 11) is 0. The molecule has 0 spiro atoms. The van der Waals surface area contributed by atoms with Crippen molar-refractivity contribution >= 4 is 11.7 Å². The minimum Gasteiger partial charge on any atom is -0.477 e. The van der Waals surface area contributed by atoms with Crippen molar-refractivity contribution in [2.45, 2.75) is 0 Å². The Kier molecular flexibility index (Phi) is 1.83. The first kappa shape index (κ1) is 7.22. The molecule has 1 N–H and O–H groups in total. The fraction of sp³-hybridized carbons (Fsp3) is 0. The number of benzene rings is 1. The van der Waals surface area contributed by atoms with E-state index in [0.29, 0.717) is 0 Å². The molecule has 0 unspecified atom stereocenters. The highest BCUT2D eigenvalue weighted by molar-refractivity contribution is 5.94. The van der Waals surface area contributed by atoms with Crippen molar-refractivity contribution in [3.8, 4) is 0 Å². The third-order valence-corrected chi connectivity index (χ3v) is 1.24. The fourth-order valence-electron chi connectivity index (χ4n) is 0.742. The van der Waals surface area contributed by atoms with E-state index in [9.17, 15) is 4.79 Å². The van der Waals surface area contributed by atoms with Crippen LogP contribution in [0.25, 0.3) is 4.98 Å². The van der Waals surface area contributed by atoms with Crippen LogP contribution in [0.4, 0.5) is 5.69 Å². The lowest BCUT2D eigenvalue weighted by Gasteiger charge is -1.85. The summed E-state index contributed by atoms with van der Waals surface area (Å²) in [5.74, 6) is -1.10. The highest BCUT2D eigenvalue weighted by Gasteiger charge is 2.17. The molecule has 0 fully saturated rings. The lowest BCUT2D eigenvalue weighted by Crippen LogP contribution is -1.94. The first-order valence-corrected chi connectivity index (χ1v) is 2.93. The zero-order chi connectivity index (χ0) is 8.27. The largest absolute Gasteiger partial charge is 0.477 e.